The Kier molecular flexibility index (Phi) is 3.03. The summed E-state index contributed by atoms with van der Waals surface area (Å²) in [4.78, 5) is 3.35. The lowest BCUT2D eigenvalue weighted by atomic mass is 9.85. The molecule has 1 fully saturated rings. The standard InChI is InChI=1S/C14H21NS/c1-10(11-5-7-15-8-6-11)14-9-12-3-2-4-13(12)16-14/h9-11,15H,2-8H2,1H3. The van der Waals surface area contributed by atoms with Crippen molar-refractivity contribution in [2.24, 2.45) is 5.92 Å². The Labute approximate surface area is 102 Å². The SMILES string of the molecule is CC(c1cc2c(s1)CCC2)C1CCNCC1. The van der Waals surface area contributed by atoms with E-state index in [1.807, 2.05) is 0 Å². The fraction of sp³-hybridized carbons (Fsp3) is 0.714. The van der Waals surface area contributed by atoms with Crippen molar-refractivity contribution >= 4 is 11.3 Å². The van der Waals surface area contributed by atoms with E-state index in [1.165, 1.54) is 45.2 Å². The lowest BCUT2D eigenvalue weighted by Gasteiger charge is -2.27. The summed E-state index contributed by atoms with van der Waals surface area (Å²) >= 11 is 2.10. The van der Waals surface area contributed by atoms with Gasteiger partial charge in [0.2, 0.25) is 0 Å². The van der Waals surface area contributed by atoms with Crippen molar-refractivity contribution in [3.05, 3.63) is 21.4 Å². The quantitative estimate of drug-likeness (QED) is 0.829. The molecule has 2 aliphatic rings. The minimum atomic E-state index is 0.790. The first kappa shape index (κ1) is 10.8. The van der Waals surface area contributed by atoms with Gasteiger partial charge in [-0.15, -0.1) is 11.3 Å². The van der Waals surface area contributed by atoms with E-state index in [1.54, 1.807) is 15.3 Å². The average molecular weight is 235 g/mol. The fourth-order valence-corrected chi connectivity index (χ4v) is 4.56. The van der Waals surface area contributed by atoms with Crippen LogP contribution >= 0.6 is 11.3 Å². The van der Waals surface area contributed by atoms with Gasteiger partial charge in [-0.2, -0.15) is 0 Å². The van der Waals surface area contributed by atoms with Gasteiger partial charge in [-0.05, 0) is 68.7 Å². The number of rotatable bonds is 2. The molecule has 0 radical (unpaired) electrons. The van der Waals surface area contributed by atoms with E-state index in [2.05, 4.69) is 29.6 Å². The van der Waals surface area contributed by atoms with Crippen LogP contribution in [0.25, 0.3) is 0 Å². The predicted molar refractivity (Wildman–Crippen MR) is 70.4 cm³/mol. The molecule has 2 heteroatoms. The summed E-state index contributed by atoms with van der Waals surface area (Å²) < 4.78 is 0. The van der Waals surface area contributed by atoms with Crippen LogP contribution in [0.1, 0.15) is 47.4 Å². The molecule has 1 N–H and O–H groups in total. The Morgan fingerprint density at radius 3 is 2.88 bits per heavy atom. The first-order valence-electron chi connectivity index (χ1n) is 6.67. The molecular weight excluding hydrogens is 214 g/mol. The summed E-state index contributed by atoms with van der Waals surface area (Å²) in [5, 5.41) is 3.46. The van der Waals surface area contributed by atoms with Crippen LogP contribution in [0, 0.1) is 5.92 Å². The van der Waals surface area contributed by atoms with Crippen molar-refractivity contribution in [1.29, 1.82) is 0 Å². The van der Waals surface area contributed by atoms with E-state index in [9.17, 15) is 0 Å². The second-order valence-corrected chi connectivity index (χ2v) is 6.50. The van der Waals surface area contributed by atoms with Gasteiger partial charge < -0.3 is 5.32 Å². The zero-order valence-electron chi connectivity index (χ0n) is 10.1. The summed E-state index contributed by atoms with van der Waals surface area (Å²) in [7, 11) is 0. The molecule has 1 aromatic rings. The summed E-state index contributed by atoms with van der Waals surface area (Å²) in [5.74, 6) is 1.71. The Morgan fingerprint density at radius 2 is 2.12 bits per heavy atom. The number of hydrogen-bond acceptors (Lipinski definition) is 2. The summed E-state index contributed by atoms with van der Waals surface area (Å²) in [6.07, 6.45) is 6.81. The highest BCUT2D eigenvalue weighted by atomic mass is 32.1. The number of aryl methyl sites for hydroxylation is 2. The lowest BCUT2D eigenvalue weighted by Crippen LogP contribution is -2.29. The number of fused-ring (bicyclic) bond motifs is 1. The minimum absolute atomic E-state index is 0.790. The Morgan fingerprint density at radius 1 is 1.31 bits per heavy atom. The molecule has 88 valence electrons. The van der Waals surface area contributed by atoms with E-state index in [0.29, 0.717) is 0 Å². The van der Waals surface area contributed by atoms with Crippen LogP contribution in [0.3, 0.4) is 0 Å². The van der Waals surface area contributed by atoms with Crippen molar-refractivity contribution in [3.63, 3.8) is 0 Å². The van der Waals surface area contributed by atoms with Crippen molar-refractivity contribution in [2.75, 3.05) is 13.1 Å². The zero-order chi connectivity index (χ0) is 11.0. The maximum atomic E-state index is 3.46. The molecule has 0 amide bonds. The molecule has 16 heavy (non-hydrogen) atoms. The Hall–Kier alpha value is -0.340. The van der Waals surface area contributed by atoms with Crippen molar-refractivity contribution in [1.82, 2.24) is 5.32 Å². The van der Waals surface area contributed by atoms with Gasteiger partial charge in [0.25, 0.3) is 0 Å². The molecule has 1 saturated heterocycles. The molecule has 1 nitrogen and oxygen atoms in total. The number of hydrogen-bond donors (Lipinski definition) is 1. The molecule has 1 aromatic heterocycles. The molecule has 1 aliphatic carbocycles. The Bertz CT molecular complexity index is 341. The molecule has 0 spiro atoms. The molecule has 0 bridgehead atoms. The highest BCUT2D eigenvalue weighted by molar-refractivity contribution is 7.12. The van der Waals surface area contributed by atoms with E-state index >= 15 is 0 Å². The number of thiophene rings is 1. The largest absolute Gasteiger partial charge is 0.317 e. The minimum Gasteiger partial charge on any atom is -0.317 e. The van der Waals surface area contributed by atoms with E-state index in [4.69, 9.17) is 0 Å². The van der Waals surface area contributed by atoms with Crippen LogP contribution in [-0.4, -0.2) is 13.1 Å². The predicted octanol–water partition coefficient (Wildman–Crippen LogP) is 3.34. The van der Waals surface area contributed by atoms with Gasteiger partial charge >= 0.3 is 0 Å². The first-order chi connectivity index (χ1) is 7.84. The van der Waals surface area contributed by atoms with Crippen molar-refractivity contribution < 1.29 is 0 Å². The van der Waals surface area contributed by atoms with Gasteiger partial charge in [0.05, 0.1) is 0 Å². The molecule has 3 rings (SSSR count). The van der Waals surface area contributed by atoms with E-state index < -0.39 is 0 Å². The van der Waals surface area contributed by atoms with Gasteiger partial charge in [0.15, 0.2) is 0 Å². The topological polar surface area (TPSA) is 12.0 Å². The van der Waals surface area contributed by atoms with Crippen molar-refractivity contribution in [2.45, 2.75) is 44.9 Å². The van der Waals surface area contributed by atoms with Crippen LogP contribution in [0.4, 0.5) is 0 Å². The fourth-order valence-electron chi connectivity index (χ4n) is 3.15. The van der Waals surface area contributed by atoms with Gasteiger partial charge in [-0.3, -0.25) is 0 Å². The molecule has 1 atom stereocenters. The maximum absolute atomic E-state index is 3.46. The number of piperidine rings is 1. The maximum Gasteiger partial charge on any atom is 0.00819 e. The van der Waals surface area contributed by atoms with Crippen LogP contribution in [0.15, 0.2) is 6.07 Å². The Balaban J connectivity index is 1.75. The number of nitrogens with one attached hydrogen (secondary N) is 1. The molecule has 0 saturated carbocycles. The lowest BCUT2D eigenvalue weighted by molar-refractivity contribution is 0.333. The molecule has 1 unspecified atom stereocenters. The summed E-state index contributed by atoms with van der Waals surface area (Å²) in [5.41, 5.74) is 1.67. The zero-order valence-corrected chi connectivity index (χ0v) is 10.9. The van der Waals surface area contributed by atoms with Crippen molar-refractivity contribution in [3.8, 4) is 0 Å². The third-order valence-electron chi connectivity index (χ3n) is 4.31. The summed E-state index contributed by atoms with van der Waals surface area (Å²) in [6, 6.07) is 2.51. The van der Waals surface area contributed by atoms with Crippen LogP contribution in [-0.2, 0) is 12.8 Å². The highest BCUT2D eigenvalue weighted by Crippen LogP contribution is 2.39. The van der Waals surface area contributed by atoms with Gasteiger partial charge in [-0.1, -0.05) is 6.92 Å². The molecule has 2 heterocycles. The van der Waals surface area contributed by atoms with E-state index in [0.717, 1.165) is 11.8 Å². The van der Waals surface area contributed by atoms with Gasteiger partial charge in [0, 0.05) is 9.75 Å². The molecular formula is C14H21NS. The normalized spacial score (nSPS) is 23.3. The van der Waals surface area contributed by atoms with Gasteiger partial charge in [-0.25, -0.2) is 0 Å². The molecule has 0 aromatic carbocycles. The van der Waals surface area contributed by atoms with Crippen LogP contribution in [0.5, 0.6) is 0 Å². The van der Waals surface area contributed by atoms with E-state index in [-0.39, 0.29) is 0 Å². The molecule has 1 aliphatic heterocycles. The second-order valence-electron chi connectivity index (χ2n) is 5.33. The van der Waals surface area contributed by atoms with Crippen LogP contribution < -0.4 is 5.32 Å². The average Bonchev–Trinajstić information content (AvgIpc) is 2.89. The monoisotopic (exact) mass is 235 g/mol. The smallest absolute Gasteiger partial charge is 0.00819 e. The summed E-state index contributed by atoms with van der Waals surface area (Å²) in [6.45, 7) is 4.89. The first-order valence-corrected chi connectivity index (χ1v) is 7.48. The second kappa shape index (κ2) is 4.50. The third kappa shape index (κ3) is 1.93. The third-order valence-corrected chi connectivity index (χ3v) is 5.74. The van der Waals surface area contributed by atoms with Gasteiger partial charge in [0.1, 0.15) is 0 Å². The highest BCUT2D eigenvalue weighted by Gasteiger charge is 2.24. The van der Waals surface area contributed by atoms with Crippen LogP contribution in [0.2, 0.25) is 0 Å².